The molecule has 0 saturated heterocycles. The number of rotatable bonds is 6. The first-order valence-electron chi connectivity index (χ1n) is 8.90. The van der Waals surface area contributed by atoms with Gasteiger partial charge in [0.15, 0.2) is 0 Å². The van der Waals surface area contributed by atoms with Crippen molar-refractivity contribution in [1.82, 2.24) is 4.90 Å². The predicted molar refractivity (Wildman–Crippen MR) is 103 cm³/mol. The molecule has 1 N–H and O–H groups in total. The van der Waals surface area contributed by atoms with Crippen LogP contribution in [0.3, 0.4) is 0 Å². The molecule has 0 aliphatic carbocycles. The minimum Gasteiger partial charge on any atom is -0.321 e. The van der Waals surface area contributed by atoms with E-state index in [-0.39, 0.29) is 28.3 Å². The Balaban J connectivity index is 1.85. The Kier molecular flexibility index (Phi) is 5.21. The number of nitrogens with zero attached hydrogens (tertiary/aromatic N) is 2. The molecular weight excluding hydrogens is 362 g/mol. The van der Waals surface area contributed by atoms with Crippen LogP contribution in [0, 0.1) is 17.0 Å². The van der Waals surface area contributed by atoms with Crippen molar-refractivity contribution >= 4 is 29.1 Å². The van der Waals surface area contributed by atoms with Gasteiger partial charge < -0.3 is 5.32 Å². The lowest BCUT2D eigenvalue weighted by Crippen LogP contribution is -2.30. The highest BCUT2D eigenvalue weighted by atomic mass is 16.6. The van der Waals surface area contributed by atoms with E-state index in [1.54, 1.807) is 13.0 Å². The van der Waals surface area contributed by atoms with Gasteiger partial charge in [0, 0.05) is 24.2 Å². The molecule has 28 heavy (non-hydrogen) atoms. The molecule has 0 saturated carbocycles. The zero-order valence-corrected chi connectivity index (χ0v) is 15.5. The second kappa shape index (κ2) is 7.59. The molecule has 3 rings (SSSR count). The van der Waals surface area contributed by atoms with E-state index in [1.807, 2.05) is 6.92 Å². The van der Waals surface area contributed by atoms with Crippen molar-refractivity contribution in [2.75, 3.05) is 11.9 Å². The van der Waals surface area contributed by atoms with Crippen molar-refractivity contribution in [2.24, 2.45) is 0 Å². The highest BCUT2D eigenvalue weighted by Gasteiger charge is 2.35. The zero-order chi connectivity index (χ0) is 20.4. The summed E-state index contributed by atoms with van der Waals surface area (Å²) in [5, 5.41) is 13.6. The van der Waals surface area contributed by atoms with E-state index in [4.69, 9.17) is 0 Å². The SMILES string of the molecule is CCCCN1C(=O)c2ccc(C(=O)Nc3cc([N+](=O)[O-])ccc3C)cc2C1=O. The van der Waals surface area contributed by atoms with E-state index >= 15 is 0 Å². The van der Waals surface area contributed by atoms with Gasteiger partial charge in [-0.3, -0.25) is 29.4 Å². The molecule has 144 valence electrons. The van der Waals surface area contributed by atoms with Crippen molar-refractivity contribution in [3.63, 3.8) is 0 Å². The van der Waals surface area contributed by atoms with Crippen LogP contribution in [0.1, 0.15) is 56.4 Å². The molecule has 1 aliphatic rings. The number of hydrogen-bond acceptors (Lipinski definition) is 5. The van der Waals surface area contributed by atoms with Gasteiger partial charge in [0.25, 0.3) is 23.4 Å². The van der Waals surface area contributed by atoms with E-state index in [0.717, 1.165) is 6.42 Å². The van der Waals surface area contributed by atoms with Crippen LogP contribution >= 0.6 is 0 Å². The normalized spacial score (nSPS) is 12.9. The number of carbonyl (C=O) groups excluding carboxylic acids is 3. The fourth-order valence-electron chi connectivity index (χ4n) is 3.00. The van der Waals surface area contributed by atoms with Crippen molar-refractivity contribution in [3.05, 3.63) is 68.8 Å². The van der Waals surface area contributed by atoms with Crippen LogP contribution in [0.2, 0.25) is 0 Å². The van der Waals surface area contributed by atoms with Crippen molar-refractivity contribution < 1.29 is 19.3 Å². The molecule has 2 aromatic carbocycles. The smallest absolute Gasteiger partial charge is 0.271 e. The summed E-state index contributed by atoms with van der Waals surface area (Å²) in [6.07, 6.45) is 1.56. The molecule has 0 radical (unpaired) electrons. The second-order valence-electron chi connectivity index (χ2n) is 6.59. The average Bonchev–Trinajstić information content (AvgIpc) is 2.91. The van der Waals surface area contributed by atoms with E-state index < -0.39 is 16.7 Å². The van der Waals surface area contributed by atoms with Crippen molar-refractivity contribution in [3.8, 4) is 0 Å². The first-order valence-corrected chi connectivity index (χ1v) is 8.90. The first kappa shape index (κ1) is 19.2. The third-order valence-electron chi connectivity index (χ3n) is 4.65. The lowest BCUT2D eigenvalue weighted by molar-refractivity contribution is -0.384. The van der Waals surface area contributed by atoms with Gasteiger partial charge in [0.1, 0.15) is 0 Å². The molecule has 8 nitrogen and oxygen atoms in total. The monoisotopic (exact) mass is 381 g/mol. The summed E-state index contributed by atoms with van der Waals surface area (Å²) in [6.45, 7) is 4.03. The molecule has 0 spiro atoms. The van der Waals surface area contributed by atoms with Crippen LogP contribution in [0.25, 0.3) is 0 Å². The number of anilines is 1. The maximum Gasteiger partial charge on any atom is 0.271 e. The number of fused-ring (bicyclic) bond motifs is 1. The second-order valence-corrected chi connectivity index (χ2v) is 6.59. The number of nitro groups is 1. The number of aryl methyl sites for hydroxylation is 1. The summed E-state index contributed by atoms with van der Waals surface area (Å²) < 4.78 is 0. The third-order valence-corrected chi connectivity index (χ3v) is 4.65. The van der Waals surface area contributed by atoms with Gasteiger partial charge in [-0.15, -0.1) is 0 Å². The van der Waals surface area contributed by atoms with E-state index in [9.17, 15) is 24.5 Å². The van der Waals surface area contributed by atoms with Crippen LogP contribution in [0.5, 0.6) is 0 Å². The number of nitro benzene ring substituents is 1. The minimum absolute atomic E-state index is 0.137. The largest absolute Gasteiger partial charge is 0.321 e. The highest BCUT2D eigenvalue weighted by molar-refractivity contribution is 6.22. The fourth-order valence-corrected chi connectivity index (χ4v) is 3.00. The van der Waals surface area contributed by atoms with Crippen LogP contribution in [-0.2, 0) is 0 Å². The molecule has 0 unspecified atom stereocenters. The molecular formula is C20H19N3O5. The Morgan fingerprint density at radius 3 is 2.50 bits per heavy atom. The summed E-state index contributed by atoms with van der Waals surface area (Å²) in [5.41, 5.74) is 1.52. The topological polar surface area (TPSA) is 110 Å². The van der Waals surface area contributed by atoms with Gasteiger partial charge in [0.2, 0.25) is 0 Å². The Labute approximate surface area is 161 Å². The number of nitrogens with one attached hydrogen (secondary N) is 1. The lowest BCUT2D eigenvalue weighted by atomic mass is 10.0. The van der Waals surface area contributed by atoms with Gasteiger partial charge in [-0.25, -0.2) is 0 Å². The molecule has 2 aromatic rings. The lowest BCUT2D eigenvalue weighted by Gasteiger charge is -2.12. The minimum atomic E-state index is -0.542. The molecule has 8 heteroatoms. The number of carbonyl (C=O) groups is 3. The number of unbranched alkanes of at least 4 members (excludes halogenated alkanes) is 1. The Morgan fingerprint density at radius 2 is 1.82 bits per heavy atom. The summed E-state index contributed by atoms with van der Waals surface area (Å²) in [6, 6.07) is 8.51. The Hall–Kier alpha value is -3.55. The molecule has 0 aromatic heterocycles. The number of hydrogen-bond donors (Lipinski definition) is 1. The standard InChI is InChI=1S/C20H19N3O5/c1-3-4-9-22-19(25)15-8-6-13(10-16(15)20(22)26)18(24)21-17-11-14(23(27)28)7-5-12(17)2/h5-8,10-11H,3-4,9H2,1-2H3,(H,21,24). The quantitative estimate of drug-likeness (QED) is 0.467. The Bertz CT molecular complexity index is 999. The van der Waals surface area contributed by atoms with Gasteiger partial charge >= 0.3 is 0 Å². The van der Waals surface area contributed by atoms with Gasteiger partial charge in [0.05, 0.1) is 21.7 Å². The summed E-state index contributed by atoms with van der Waals surface area (Å²) in [5.74, 6) is -1.27. The van der Waals surface area contributed by atoms with Crippen molar-refractivity contribution in [2.45, 2.75) is 26.7 Å². The number of imide groups is 1. The number of benzene rings is 2. The summed E-state index contributed by atoms with van der Waals surface area (Å²) in [4.78, 5) is 49.1. The van der Waals surface area contributed by atoms with E-state index in [0.29, 0.717) is 24.2 Å². The van der Waals surface area contributed by atoms with E-state index in [2.05, 4.69) is 5.32 Å². The van der Waals surface area contributed by atoms with Crippen molar-refractivity contribution in [1.29, 1.82) is 0 Å². The molecule has 1 heterocycles. The van der Waals surface area contributed by atoms with Gasteiger partial charge in [-0.2, -0.15) is 0 Å². The summed E-state index contributed by atoms with van der Waals surface area (Å²) in [7, 11) is 0. The highest BCUT2D eigenvalue weighted by Crippen LogP contribution is 2.26. The van der Waals surface area contributed by atoms with Crippen LogP contribution in [-0.4, -0.2) is 34.1 Å². The number of non-ortho nitro benzene ring substituents is 1. The Morgan fingerprint density at radius 1 is 1.11 bits per heavy atom. The average molecular weight is 381 g/mol. The third kappa shape index (κ3) is 3.48. The van der Waals surface area contributed by atoms with Crippen LogP contribution in [0.4, 0.5) is 11.4 Å². The maximum absolute atomic E-state index is 12.6. The number of amides is 3. The van der Waals surface area contributed by atoms with Gasteiger partial charge in [-0.05, 0) is 37.1 Å². The zero-order valence-electron chi connectivity index (χ0n) is 15.5. The molecule has 3 amide bonds. The molecule has 1 aliphatic heterocycles. The van der Waals surface area contributed by atoms with E-state index in [1.165, 1.54) is 35.2 Å². The molecule has 0 bridgehead atoms. The fraction of sp³-hybridized carbons (Fsp3) is 0.250. The first-order chi connectivity index (χ1) is 13.3. The van der Waals surface area contributed by atoms with Crippen LogP contribution in [0.15, 0.2) is 36.4 Å². The van der Waals surface area contributed by atoms with Crippen LogP contribution < -0.4 is 5.32 Å². The molecule has 0 atom stereocenters. The maximum atomic E-state index is 12.6. The summed E-state index contributed by atoms with van der Waals surface area (Å²) >= 11 is 0. The van der Waals surface area contributed by atoms with Gasteiger partial charge in [-0.1, -0.05) is 19.4 Å². The molecule has 0 fully saturated rings. The predicted octanol–water partition coefficient (Wildman–Crippen LogP) is 3.55.